The van der Waals surface area contributed by atoms with Gasteiger partial charge in [-0.1, -0.05) is 6.92 Å². The first-order valence-corrected chi connectivity index (χ1v) is 11.5. The van der Waals surface area contributed by atoms with E-state index in [0.717, 1.165) is 24.4 Å². The summed E-state index contributed by atoms with van der Waals surface area (Å²) in [4.78, 5) is 15.2. The maximum Gasteiger partial charge on any atom is 0.433 e. The topological polar surface area (TPSA) is 90.6 Å². The number of halogens is 6. The molecule has 0 fully saturated rings. The van der Waals surface area contributed by atoms with Crippen LogP contribution in [0.25, 0.3) is 33.8 Å². The lowest BCUT2D eigenvalue weighted by atomic mass is 10.1. The van der Waals surface area contributed by atoms with Gasteiger partial charge >= 0.3 is 12.4 Å². The first-order chi connectivity index (χ1) is 16.2. The third-order valence-corrected chi connectivity index (χ3v) is 6.97. The molecule has 0 saturated heterocycles. The second-order valence-corrected chi connectivity index (χ2v) is 9.70. The highest BCUT2D eigenvalue weighted by Crippen LogP contribution is 2.34. The van der Waals surface area contributed by atoms with Gasteiger partial charge in [0.05, 0.1) is 39.1 Å². The molecule has 0 amide bonds. The first-order valence-electron chi connectivity index (χ1n) is 9.89. The van der Waals surface area contributed by atoms with Crippen molar-refractivity contribution in [2.45, 2.75) is 24.2 Å². The fourth-order valence-electron chi connectivity index (χ4n) is 3.33. The van der Waals surface area contributed by atoms with Gasteiger partial charge in [0.15, 0.2) is 15.7 Å². The van der Waals surface area contributed by atoms with E-state index in [1.165, 1.54) is 30.8 Å². The minimum Gasteiger partial charge on any atom is -0.324 e. The molecule has 35 heavy (non-hydrogen) atoms. The van der Waals surface area contributed by atoms with Crippen LogP contribution in [0.15, 0.2) is 47.8 Å². The Morgan fingerprint density at radius 1 is 0.914 bits per heavy atom. The van der Waals surface area contributed by atoms with Crippen LogP contribution in [0.5, 0.6) is 0 Å². The Bertz CT molecular complexity index is 1530. The molecule has 0 aliphatic heterocycles. The highest BCUT2D eigenvalue weighted by atomic mass is 32.2. The summed E-state index contributed by atoms with van der Waals surface area (Å²) in [5, 5.41) is 0. The molecule has 4 aromatic heterocycles. The zero-order chi connectivity index (χ0) is 25.8. The second-order valence-electron chi connectivity index (χ2n) is 7.45. The lowest BCUT2D eigenvalue weighted by Gasteiger charge is -2.11. The molecule has 7 nitrogen and oxygen atoms in total. The Balaban J connectivity index is 1.88. The number of imidazole rings is 1. The van der Waals surface area contributed by atoms with Crippen LogP contribution in [0, 0.1) is 0 Å². The van der Waals surface area contributed by atoms with Crippen LogP contribution < -0.4 is 0 Å². The largest absolute Gasteiger partial charge is 0.433 e. The van der Waals surface area contributed by atoms with E-state index in [1.54, 1.807) is 0 Å². The van der Waals surface area contributed by atoms with E-state index in [1.807, 2.05) is 0 Å². The van der Waals surface area contributed by atoms with Gasteiger partial charge in [0, 0.05) is 25.0 Å². The van der Waals surface area contributed by atoms with Crippen molar-refractivity contribution in [3.05, 3.63) is 54.1 Å². The average Bonchev–Trinajstić information content (AvgIpc) is 3.13. The van der Waals surface area contributed by atoms with Gasteiger partial charge in [-0.25, -0.2) is 18.4 Å². The molecule has 0 saturated carbocycles. The van der Waals surface area contributed by atoms with Gasteiger partial charge in [-0.05, 0) is 24.3 Å². The summed E-state index contributed by atoms with van der Waals surface area (Å²) in [6.07, 6.45) is -6.49. The van der Waals surface area contributed by atoms with Crippen LogP contribution in [-0.2, 0) is 29.2 Å². The van der Waals surface area contributed by atoms with E-state index < -0.39 is 33.4 Å². The molecule has 0 radical (unpaired) electrons. The Hall–Kier alpha value is -3.55. The molecule has 0 aliphatic rings. The Morgan fingerprint density at radius 3 is 2.20 bits per heavy atom. The number of nitrogens with zero attached hydrogens (tertiary/aromatic N) is 5. The van der Waals surface area contributed by atoms with Crippen molar-refractivity contribution < 1.29 is 34.8 Å². The predicted molar refractivity (Wildman–Crippen MR) is 113 cm³/mol. The van der Waals surface area contributed by atoms with Gasteiger partial charge < -0.3 is 4.57 Å². The summed E-state index contributed by atoms with van der Waals surface area (Å²) < 4.78 is 105. The molecule has 0 bridgehead atoms. The molecular weight excluding hydrogens is 500 g/mol. The highest BCUT2D eigenvalue weighted by Gasteiger charge is 2.34. The van der Waals surface area contributed by atoms with Gasteiger partial charge in [0.25, 0.3) is 0 Å². The summed E-state index contributed by atoms with van der Waals surface area (Å²) in [5.74, 6) is -0.366. The van der Waals surface area contributed by atoms with Crippen molar-refractivity contribution in [1.29, 1.82) is 0 Å². The number of sulfone groups is 1. The lowest BCUT2D eigenvalue weighted by Crippen LogP contribution is -2.09. The fourth-order valence-corrected chi connectivity index (χ4v) is 4.39. The van der Waals surface area contributed by atoms with Crippen molar-refractivity contribution in [3.63, 3.8) is 0 Å². The number of hydrogen-bond donors (Lipinski definition) is 0. The maximum absolute atomic E-state index is 13.1. The van der Waals surface area contributed by atoms with Crippen LogP contribution in [-0.4, -0.2) is 38.7 Å². The molecule has 0 unspecified atom stereocenters. The van der Waals surface area contributed by atoms with E-state index in [9.17, 15) is 34.8 Å². The summed E-state index contributed by atoms with van der Waals surface area (Å²) >= 11 is 0. The minimum atomic E-state index is -4.70. The van der Waals surface area contributed by atoms with Gasteiger partial charge in [0.2, 0.25) is 0 Å². The molecule has 4 aromatic rings. The summed E-state index contributed by atoms with van der Waals surface area (Å²) in [6, 6.07) is 3.84. The molecule has 0 N–H and O–H groups in total. The van der Waals surface area contributed by atoms with Gasteiger partial charge in [-0.3, -0.25) is 9.97 Å². The minimum absolute atomic E-state index is 0.0277. The van der Waals surface area contributed by atoms with Crippen LogP contribution in [0.4, 0.5) is 26.3 Å². The van der Waals surface area contributed by atoms with E-state index in [-0.39, 0.29) is 44.5 Å². The molecule has 0 aromatic carbocycles. The van der Waals surface area contributed by atoms with Crippen LogP contribution in [0.2, 0.25) is 0 Å². The number of fused-ring (bicyclic) bond motifs is 1. The summed E-state index contributed by atoms with van der Waals surface area (Å²) in [6.45, 7) is 1.39. The predicted octanol–water partition coefficient (Wildman–Crippen LogP) is 4.92. The van der Waals surface area contributed by atoms with E-state index >= 15 is 0 Å². The monoisotopic (exact) mass is 515 g/mol. The van der Waals surface area contributed by atoms with Crippen molar-refractivity contribution in [2.24, 2.45) is 7.05 Å². The van der Waals surface area contributed by atoms with Crippen LogP contribution in [0.3, 0.4) is 0 Å². The SMILES string of the molecule is CCS(=O)(=O)c1cc(-c2ccc(C(F)(F)F)cn2)cnc1-c1nc2cc(C(F)(F)F)ncc2n1C. The van der Waals surface area contributed by atoms with Gasteiger partial charge in [-0.2, -0.15) is 26.3 Å². The zero-order valence-electron chi connectivity index (χ0n) is 18.0. The third kappa shape index (κ3) is 4.57. The number of rotatable bonds is 4. The zero-order valence-corrected chi connectivity index (χ0v) is 18.8. The molecule has 0 spiro atoms. The molecule has 0 aliphatic carbocycles. The Morgan fingerprint density at radius 2 is 1.63 bits per heavy atom. The maximum atomic E-state index is 13.1. The second kappa shape index (κ2) is 8.29. The number of aryl methyl sites for hydroxylation is 1. The van der Waals surface area contributed by atoms with Crippen LogP contribution in [0.1, 0.15) is 18.2 Å². The average molecular weight is 515 g/mol. The molecule has 0 atom stereocenters. The molecule has 4 heterocycles. The van der Waals surface area contributed by atoms with E-state index in [2.05, 4.69) is 19.9 Å². The number of hydrogen-bond acceptors (Lipinski definition) is 6. The Kier molecular flexibility index (Phi) is 5.82. The van der Waals surface area contributed by atoms with Crippen molar-refractivity contribution in [2.75, 3.05) is 5.75 Å². The van der Waals surface area contributed by atoms with E-state index in [4.69, 9.17) is 0 Å². The van der Waals surface area contributed by atoms with Crippen LogP contribution >= 0.6 is 0 Å². The summed E-state index contributed by atoms with van der Waals surface area (Å²) in [7, 11) is -2.48. The smallest absolute Gasteiger partial charge is 0.324 e. The van der Waals surface area contributed by atoms with Crippen molar-refractivity contribution >= 4 is 20.9 Å². The molecular formula is C21H15F6N5O2S. The standard InChI is InChI=1S/C21H15F6N5O2S/c1-3-35(33,34)16-6-11(13-5-4-12(9-28-13)20(22,23)24)8-30-18(16)19-31-14-7-17(21(25,26)27)29-10-15(14)32(19)2/h4-10H,3H2,1-2H3. The number of aromatic nitrogens is 5. The van der Waals surface area contributed by atoms with E-state index in [0.29, 0.717) is 6.20 Å². The normalized spacial score (nSPS) is 12.9. The van der Waals surface area contributed by atoms with Crippen molar-refractivity contribution in [1.82, 2.24) is 24.5 Å². The Labute approximate surface area is 194 Å². The third-order valence-electron chi connectivity index (χ3n) is 5.22. The highest BCUT2D eigenvalue weighted by molar-refractivity contribution is 7.91. The van der Waals surface area contributed by atoms with Gasteiger partial charge in [0.1, 0.15) is 11.4 Å². The number of alkyl halides is 6. The first kappa shape index (κ1) is 24.6. The molecule has 4 rings (SSSR count). The molecule has 14 heteroatoms. The number of pyridine rings is 3. The van der Waals surface area contributed by atoms with Gasteiger partial charge in [-0.15, -0.1) is 0 Å². The lowest BCUT2D eigenvalue weighted by molar-refractivity contribution is -0.141. The quantitative estimate of drug-likeness (QED) is 0.359. The molecule has 184 valence electrons. The van der Waals surface area contributed by atoms with Crippen molar-refractivity contribution in [3.8, 4) is 22.8 Å². The fraction of sp³-hybridized carbons (Fsp3) is 0.238. The summed E-state index contributed by atoms with van der Waals surface area (Å²) in [5.41, 5.74) is -1.94.